The fraction of sp³-hybridized carbons (Fsp3) is 0.0769. The molecule has 1 nitrogen and oxygen atoms in total. The summed E-state index contributed by atoms with van der Waals surface area (Å²) < 4.78 is 1.05. The fourth-order valence-corrected chi connectivity index (χ4v) is 2.09. The van der Waals surface area contributed by atoms with Crippen molar-refractivity contribution in [1.29, 1.82) is 0 Å². The van der Waals surface area contributed by atoms with E-state index in [2.05, 4.69) is 15.9 Å². The minimum absolute atomic E-state index is 0.286. The molecule has 0 saturated carbocycles. The van der Waals surface area contributed by atoms with E-state index < -0.39 is 0 Å². The predicted molar refractivity (Wildman–Crippen MR) is 70.1 cm³/mol. The van der Waals surface area contributed by atoms with Gasteiger partial charge in [0, 0.05) is 9.50 Å². The van der Waals surface area contributed by atoms with E-state index in [0.29, 0.717) is 0 Å². The first-order chi connectivity index (χ1) is 7.65. The molecule has 1 N–H and O–H groups in total. The Balaban J connectivity index is 2.26. The van der Waals surface area contributed by atoms with Gasteiger partial charge in [-0.25, -0.2) is 0 Å². The summed E-state index contributed by atoms with van der Waals surface area (Å²) in [6, 6.07) is 12.9. The summed E-state index contributed by atoms with van der Waals surface area (Å²) in [5, 5.41) is 9.92. The van der Waals surface area contributed by atoms with Crippen molar-refractivity contribution in [3.8, 4) is 5.75 Å². The molecule has 0 aliphatic rings. The molecule has 0 bridgehead atoms. The van der Waals surface area contributed by atoms with Crippen LogP contribution in [0.5, 0.6) is 5.75 Å². The molecule has 2 rings (SSSR count). The van der Waals surface area contributed by atoms with Crippen LogP contribution in [0.15, 0.2) is 46.9 Å². The van der Waals surface area contributed by atoms with Crippen LogP contribution in [-0.2, 0) is 6.42 Å². The van der Waals surface area contributed by atoms with E-state index >= 15 is 0 Å². The lowest BCUT2D eigenvalue weighted by Gasteiger charge is -2.05. The highest BCUT2D eigenvalue weighted by Gasteiger charge is 2.02. The lowest BCUT2D eigenvalue weighted by Crippen LogP contribution is -1.89. The maximum Gasteiger partial charge on any atom is 0.115 e. The summed E-state index contributed by atoms with van der Waals surface area (Å²) in [5.74, 6) is 0.286. The zero-order chi connectivity index (χ0) is 11.5. The van der Waals surface area contributed by atoms with Gasteiger partial charge in [0.1, 0.15) is 5.75 Å². The molecular formula is C13H10BrClO. The monoisotopic (exact) mass is 296 g/mol. The highest BCUT2D eigenvalue weighted by molar-refractivity contribution is 9.10. The third kappa shape index (κ3) is 2.77. The average molecular weight is 298 g/mol. The minimum Gasteiger partial charge on any atom is -0.508 e. The van der Waals surface area contributed by atoms with Gasteiger partial charge in [-0.2, -0.15) is 0 Å². The van der Waals surface area contributed by atoms with Gasteiger partial charge in [-0.3, -0.25) is 0 Å². The Morgan fingerprint density at radius 1 is 1.06 bits per heavy atom. The van der Waals surface area contributed by atoms with Gasteiger partial charge in [-0.1, -0.05) is 39.7 Å². The van der Waals surface area contributed by atoms with Crippen molar-refractivity contribution in [3.63, 3.8) is 0 Å². The first-order valence-corrected chi connectivity index (χ1v) is 6.04. The zero-order valence-electron chi connectivity index (χ0n) is 8.45. The van der Waals surface area contributed by atoms with Crippen molar-refractivity contribution >= 4 is 27.5 Å². The molecule has 0 radical (unpaired) electrons. The summed E-state index contributed by atoms with van der Waals surface area (Å²) in [6.45, 7) is 0. The van der Waals surface area contributed by atoms with Crippen LogP contribution in [0.2, 0.25) is 5.02 Å². The summed E-state index contributed by atoms with van der Waals surface area (Å²) in [4.78, 5) is 0. The fourth-order valence-electron chi connectivity index (χ4n) is 1.51. The van der Waals surface area contributed by atoms with Crippen molar-refractivity contribution in [3.05, 3.63) is 63.1 Å². The van der Waals surface area contributed by atoms with Crippen molar-refractivity contribution in [2.45, 2.75) is 6.42 Å². The Kier molecular flexibility index (Phi) is 3.52. The van der Waals surface area contributed by atoms with Gasteiger partial charge in [-0.15, -0.1) is 0 Å². The minimum atomic E-state index is 0.286. The highest BCUT2D eigenvalue weighted by atomic mass is 79.9. The largest absolute Gasteiger partial charge is 0.508 e. The topological polar surface area (TPSA) is 20.2 Å². The molecule has 0 fully saturated rings. The van der Waals surface area contributed by atoms with Crippen molar-refractivity contribution in [2.75, 3.05) is 0 Å². The van der Waals surface area contributed by atoms with Crippen molar-refractivity contribution in [1.82, 2.24) is 0 Å². The molecule has 0 spiro atoms. The van der Waals surface area contributed by atoms with E-state index in [1.54, 1.807) is 12.1 Å². The molecule has 2 aromatic carbocycles. The van der Waals surface area contributed by atoms with Gasteiger partial charge in [-0.05, 0) is 47.9 Å². The Labute approximate surface area is 108 Å². The number of aromatic hydroxyl groups is 1. The van der Waals surface area contributed by atoms with Gasteiger partial charge < -0.3 is 5.11 Å². The molecular weight excluding hydrogens is 287 g/mol. The van der Waals surface area contributed by atoms with E-state index in [9.17, 15) is 5.11 Å². The number of hydrogen-bond acceptors (Lipinski definition) is 1. The summed E-state index contributed by atoms with van der Waals surface area (Å²) >= 11 is 9.44. The molecule has 3 heteroatoms. The van der Waals surface area contributed by atoms with Crippen LogP contribution in [0, 0.1) is 0 Å². The Morgan fingerprint density at radius 3 is 2.44 bits per heavy atom. The van der Waals surface area contributed by atoms with E-state index in [-0.39, 0.29) is 5.75 Å². The highest BCUT2D eigenvalue weighted by Crippen LogP contribution is 2.24. The van der Waals surface area contributed by atoms with Crippen LogP contribution in [0.25, 0.3) is 0 Å². The van der Waals surface area contributed by atoms with Gasteiger partial charge in [0.05, 0.1) is 0 Å². The Morgan fingerprint density at radius 2 is 1.75 bits per heavy atom. The first kappa shape index (κ1) is 11.5. The molecule has 0 amide bonds. The molecule has 0 heterocycles. The molecule has 0 unspecified atom stereocenters. The second-order valence-electron chi connectivity index (χ2n) is 3.58. The molecule has 82 valence electrons. The van der Waals surface area contributed by atoms with Crippen LogP contribution in [0.1, 0.15) is 11.1 Å². The van der Waals surface area contributed by atoms with E-state index in [0.717, 1.165) is 27.0 Å². The predicted octanol–water partition coefficient (Wildman–Crippen LogP) is 4.40. The number of phenols is 1. The number of benzene rings is 2. The van der Waals surface area contributed by atoms with Gasteiger partial charge in [0.2, 0.25) is 0 Å². The standard InChI is InChI=1S/C13H10BrClO/c14-13-6-3-11(15)8-10(13)7-9-1-4-12(16)5-2-9/h1-6,8,16H,7H2. The molecule has 0 aromatic heterocycles. The maximum atomic E-state index is 9.19. The second kappa shape index (κ2) is 4.89. The molecule has 2 aromatic rings. The average Bonchev–Trinajstić information content (AvgIpc) is 2.27. The van der Waals surface area contributed by atoms with Gasteiger partial charge in [0.25, 0.3) is 0 Å². The molecule has 0 aliphatic carbocycles. The molecule has 0 aliphatic heterocycles. The lowest BCUT2D eigenvalue weighted by molar-refractivity contribution is 0.475. The van der Waals surface area contributed by atoms with E-state index in [4.69, 9.17) is 11.6 Å². The van der Waals surface area contributed by atoms with Crippen molar-refractivity contribution < 1.29 is 5.11 Å². The first-order valence-electron chi connectivity index (χ1n) is 4.87. The van der Waals surface area contributed by atoms with E-state index in [1.165, 1.54) is 0 Å². The van der Waals surface area contributed by atoms with Gasteiger partial charge >= 0.3 is 0 Å². The summed E-state index contributed by atoms with van der Waals surface area (Å²) in [6.07, 6.45) is 0.793. The molecule has 0 saturated heterocycles. The Hall–Kier alpha value is -0.990. The van der Waals surface area contributed by atoms with Crippen LogP contribution in [-0.4, -0.2) is 5.11 Å². The molecule has 0 atom stereocenters. The lowest BCUT2D eigenvalue weighted by atomic mass is 10.1. The third-order valence-corrected chi connectivity index (χ3v) is 3.35. The Bertz CT molecular complexity index is 494. The number of rotatable bonds is 2. The SMILES string of the molecule is Oc1ccc(Cc2cc(Cl)ccc2Br)cc1. The van der Waals surface area contributed by atoms with Crippen LogP contribution in [0.4, 0.5) is 0 Å². The van der Waals surface area contributed by atoms with Crippen LogP contribution >= 0.6 is 27.5 Å². The van der Waals surface area contributed by atoms with Crippen LogP contribution < -0.4 is 0 Å². The van der Waals surface area contributed by atoms with E-state index in [1.807, 2.05) is 30.3 Å². The zero-order valence-corrected chi connectivity index (χ0v) is 10.8. The number of halogens is 2. The maximum absolute atomic E-state index is 9.19. The van der Waals surface area contributed by atoms with Gasteiger partial charge in [0.15, 0.2) is 0 Å². The second-order valence-corrected chi connectivity index (χ2v) is 4.87. The number of hydrogen-bond donors (Lipinski definition) is 1. The van der Waals surface area contributed by atoms with Crippen molar-refractivity contribution in [2.24, 2.45) is 0 Å². The normalized spacial score (nSPS) is 10.4. The number of phenolic OH excluding ortho intramolecular Hbond substituents is 1. The van der Waals surface area contributed by atoms with Crippen LogP contribution in [0.3, 0.4) is 0 Å². The molecule has 16 heavy (non-hydrogen) atoms. The smallest absolute Gasteiger partial charge is 0.115 e. The third-order valence-electron chi connectivity index (χ3n) is 2.34. The summed E-state index contributed by atoms with van der Waals surface area (Å²) in [7, 11) is 0. The quantitative estimate of drug-likeness (QED) is 0.871. The summed E-state index contributed by atoms with van der Waals surface area (Å²) in [5.41, 5.74) is 2.28.